The molecule has 2 fully saturated rings. The maximum absolute atomic E-state index is 10.8. The lowest BCUT2D eigenvalue weighted by molar-refractivity contribution is 0.0653. The lowest BCUT2D eigenvalue weighted by Gasteiger charge is -2.35. The third-order valence-corrected chi connectivity index (χ3v) is 6.23. The van der Waals surface area contributed by atoms with Gasteiger partial charge in [0.1, 0.15) is 12.1 Å². The molecule has 0 bridgehead atoms. The Kier molecular flexibility index (Phi) is 9.91. The highest BCUT2D eigenvalue weighted by Crippen LogP contribution is 2.26. The van der Waals surface area contributed by atoms with Crippen LogP contribution >= 0.6 is 0 Å². The van der Waals surface area contributed by atoms with Crippen LogP contribution in [0.3, 0.4) is 0 Å². The number of pyridine rings is 1. The van der Waals surface area contributed by atoms with Gasteiger partial charge in [-0.25, -0.2) is 9.97 Å². The second kappa shape index (κ2) is 13.1. The third-order valence-electron chi connectivity index (χ3n) is 6.23. The molecule has 7 nitrogen and oxygen atoms in total. The van der Waals surface area contributed by atoms with Gasteiger partial charge in [-0.2, -0.15) is 0 Å². The maximum atomic E-state index is 10.8. The van der Waals surface area contributed by atoms with Gasteiger partial charge in [-0.05, 0) is 56.2 Å². The molecule has 1 saturated carbocycles. The summed E-state index contributed by atoms with van der Waals surface area (Å²) < 4.78 is 7.36. The van der Waals surface area contributed by atoms with Crippen molar-refractivity contribution in [3.63, 3.8) is 0 Å². The number of carbonyl (C=O) groups is 1. The Morgan fingerprint density at radius 3 is 2.66 bits per heavy atom. The number of nitrogens with zero attached hydrogens (tertiary/aromatic N) is 4. The number of likely N-dealkylation sites (tertiary alicyclic amines) is 1. The van der Waals surface area contributed by atoms with Gasteiger partial charge in [0, 0.05) is 31.7 Å². The molecule has 1 amide bonds. The van der Waals surface area contributed by atoms with Gasteiger partial charge in [0.2, 0.25) is 5.91 Å². The number of amides is 1. The van der Waals surface area contributed by atoms with E-state index in [2.05, 4.69) is 21.4 Å². The van der Waals surface area contributed by atoms with Crippen LogP contribution in [-0.2, 0) is 4.74 Å². The SMILES string of the molecule is C=CCOCC1CCCN(CC2CCCCC2)C1.NC(=O)c1ccc(-n2ccnc2)nc1. The minimum Gasteiger partial charge on any atom is -0.377 e. The number of aromatic nitrogens is 3. The van der Waals surface area contributed by atoms with Gasteiger partial charge in [0.25, 0.3) is 0 Å². The normalized spacial score (nSPS) is 19.7. The van der Waals surface area contributed by atoms with Crippen LogP contribution in [0.25, 0.3) is 5.82 Å². The standard InChI is InChI=1S/C16H29NO.C9H8N4O/c1-2-11-18-14-16-9-6-10-17(13-16)12-15-7-4-3-5-8-15;10-9(14)7-1-2-8(12-5-7)13-4-3-11-6-13/h2,15-16H,1,3-14H2;1-6H,(H2,10,14). The monoisotopic (exact) mass is 439 g/mol. The molecule has 0 spiro atoms. The molecule has 1 unspecified atom stereocenters. The molecule has 2 aromatic heterocycles. The van der Waals surface area contributed by atoms with Gasteiger partial charge < -0.3 is 15.4 Å². The fourth-order valence-corrected chi connectivity index (χ4v) is 4.59. The predicted molar refractivity (Wildman–Crippen MR) is 127 cm³/mol. The number of primary amides is 1. The number of ether oxygens (including phenoxy) is 1. The lowest BCUT2D eigenvalue weighted by Crippen LogP contribution is -2.40. The predicted octanol–water partition coefficient (Wildman–Crippen LogP) is 3.85. The highest BCUT2D eigenvalue weighted by Gasteiger charge is 2.23. The van der Waals surface area contributed by atoms with E-state index in [0.717, 1.165) is 18.4 Å². The van der Waals surface area contributed by atoms with Crippen LogP contribution in [0.2, 0.25) is 0 Å². The maximum Gasteiger partial charge on any atom is 0.250 e. The molecule has 1 saturated heterocycles. The second-order valence-electron chi connectivity index (χ2n) is 8.84. The first kappa shape index (κ1) is 24.1. The first-order valence-corrected chi connectivity index (χ1v) is 11.8. The Labute approximate surface area is 191 Å². The molecule has 3 heterocycles. The van der Waals surface area contributed by atoms with Gasteiger partial charge in [-0.1, -0.05) is 25.3 Å². The van der Waals surface area contributed by atoms with Crippen LogP contribution in [0.15, 0.2) is 49.7 Å². The molecule has 1 atom stereocenters. The van der Waals surface area contributed by atoms with Gasteiger partial charge in [-0.15, -0.1) is 6.58 Å². The van der Waals surface area contributed by atoms with Crippen molar-refractivity contribution in [3.8, 4) is 5.82 Å². The zero-order chi connectivity index (χ0) is 22.6. The van der Waals surface area contributed by atoms with E-state index in [1.807, 2.05) is 6.08 Å². The minimum atomic E-state index is -0.477. The summed E-state index contributed by atoms with van der Waals surface area (Å²) in [7, 11) is 0. The number of hydrogen-bond acceptors (Lipinski definition) is 5. The molecule has 7 heteroatoms. The van der Waals surface area contributed by atoms with E-state index in [0.29, 0.717) is 18.0 Å². The second-order valence-corrected chi connectivity index (χ2v) is 8.84. The third kappa shape index (κ3) is 7.88. The molecular weight excluding hydrogens is 402 g/mol. The topological polar surface area (TPSA) is 86.3 Å². The molecule has 1 aliphatic heterocycles. The molecule has 32 heavy (non-hydrogen) atoms. The number of nitrogens with two attached hydrogens (primary N) is 1. The van der Waals surface area contributed by atoms with Gasteiger partial charge in [0.05, 0.1) is 18.8 Å². The molecule has 4 rings (SSSR count). The van der Waals surface area contributed by atoms with Crippen molar-refractivity contribution < 1.29 is 9.53 Å². The van der Waals surface area contributed by atoms with E-state index >= 15 is 0 Å². The van der Waals surface area contributed by atoms with Crippen LogP contribution in [0.5, 0.6) is 0 Å². The number of rotatable bonds is 8. The smallest absolute Gasteiger partial charge is 0.250 e. The average molecular weight is 440 g/mol. The molecule has 174 valence electrons. The Hall–Kier alpha value is -2.51. The van der Waals surface area contributed by atoms with Gasteiger partial charge in [-0.3, -0.25) is 9.36 Å². The average Bonchev–Trinajstić information content (AvgIpc) is 3.36. The summed E-state index contributed by atoms with van der Waals surface area (Å²) in [6, 6.07) is 3.34. The van der Waals surface area contributed by atoms with Crippen molar-refractivity contribution in [1.82, 2.24) is 19.4 Å². The Morgan fingerprint density at radius 1 is 1.19 bits per heavy atom. The van der Waals surface area contributed by atoms with E-state index in [1.54, 1.807) is 35.4 Å². The summed E-state index contributed by atoms with van der Waals surface area (Å²) >= 11 is 0. The summed E-state index contributed by atoms with van der Waals surface area (Å²) in [6.45, 7) is 9.25. The molecule has 0 aromatic carbocycles. The molecule has 2 aromatic rings. The number of piperidine rings is 1. The summed E-state index contributed by atoms with van der Waals surface area (Å²) in [5, 5.41) is 0. The molecule has 2 N–H and O–H groups in total. The zero-order valence-electron chi connectivity index (χ0n) is 19.1. The van der Waals surface area contributed by atoms with Crippen molar-refractivity contribution in [1.29, 1.82) is 0 Å². The van der Waals surface area contributed by atoms with E-state index < -0.39 is 5.91 Å². The van der Waals surface area contributed by atoms with E-state index in [1.165, 1.54) is 70.8 Å². The quantitative estimate of drug-likeness (QED) is 0.499. The first-order valence-electron chi connectivity index (χ1n) is 11.8. The van der Waals surface area contributed by atoms with Crippen LogP contribution in [0, 0.1) is 11.8 Å². The summed E-state index contributed by atoms with van der Waals surface area (Å²) in [6.07, 6.45) is 18.4. The molecule has 0 radical (unpaired) electrons. The summed E-state index contributed by atoms with van der Waals surface area (Å²) in [5.74, 6) is 1.95. The lowest BCUT2D eigenvalue weighted by atomic mass is 9.88. The molecular formula is C25H37N5O2. The van der Waals surface area contributed by atoms with E-state index in [9.17, 15) is 4.79 Å². The Balaban J connectivity index is 0.000000186. The molecule has 1 aliphatic carbocycles. The van der Waals surface area contributed by atoms with Crippen molar-refractivity contribution in [2.75, 3.05) is 32.8 Å². The van der Waals surface area contributed by atoms with Crippen molar-refractivity contribution in [3.05, 3.63) is 55.3 Å². The fourth-order valence-electron chi connectivity index (χ4n) is 4.59. The first-order chi connectivity index (χ1) is 15.7. The van der Waals surface area contributed by atoms with Crippen LogP contribution < -0.4 is 5.73 Å². The molecule has 2 aliphatic rings. The van der Waals surface area contributed by atoms with Crippen molar-refractivity contribution in [2.45, 2.75) is 44.9 Å². The largest absolute Gasteiger partial charge is 0.377 e. The zero-order valence-corrected chi connectivity index (χ0v) is 19.1. The van der Waals surface area contributed by atoms with E-state index in [-0.39, 0.29) is 0 Å². The highest BCUT2D eigenvalue weighted by atomic mass is 16.5. The van der Waals surface area contributed by atoms with Gasteiger partial charge in [0.15, 0.2) is 0 Å². The van der Waals surface area contributed by atoms with Gasteiger partial charge >= 0.3 is 0 Å². The fraction of sp³-hybridized carbons (Fsp3) is 0.560. The van der Waals surface area contributed by atoms with Crippen LogP contribution in [0.4, 0.5) is 0 Å². The van der Waals surface area contributed by atoms with Crippen LogP contribution in [-0.4, -0.2) is 58.2 Å². The van der Waals surface area contributed by atoms with Crippen molar-refractivity contribution in [2.24, 2.45) is 17.6 Å². The number of carbonyl (C=O) groups excluding carboxylic acids is 1. The number of hydrogen-bond donors (Lipinski definition) is 1. The Morgan fingerprint density at radius 2 is 2.00 bits per heavy atom. The minimum absolute atomic E-state index is 0.397. The van der Waals surface area contributed by atoms with Crippen molar-refractivity contribution >= 4 is 5.91 Å². The summed E-state index contributed by atoms with van der Waals surface area (Å²) in [4.78, 5) is 21.4. The number of imidazole rings is 1. The summed E-state index contributed by atoms with van der Waals surface area (Å²) in [5.41, 5.74) is 5.48. The Bertz CT molecular complexity index is 800. The van der Waals surface area contributed by atoms with E-state index in [4.69, 9.17) is 10.5 Å². The highest BCUT2D eigenvalue weighted by molar-refractivity contribution is 5.92. The van der Waals surface area contributed by atoms with Crippen LogP contribution in [0.1, 0.15) is 55.3 Å².